The number of esters is 1. The highest BCUT2D eigenvalue weighted by molar-refractivity contribution is 5.93. The van der Waals surface area contributed by atoms with E-state index >= 15 is 0 Å². The van der Waals surface area contributed by atoms with Crippen molar-refractivity contribution in [3.05, 3.63) is 59.2 Å². The third kappa shape index (κ3) is 5.83. The number of ether oxygens (including phenoxy) is 2. The molecule has 35 heavy (non-hydrogen) atoms. The van der Waals surface area contributed by atoms with Crippen LogP contribution < -0.4 is 10.2 Å². The molecule has 1 fully saturated rings. The van der Waals surface area contributed by atoms with Crippen LogP contribution in [0.25, 0.3) is 5.82 Å². The van der Waals surface area contributed by atoms with Crippen LogP contribution in [0.1, 0.15) is 40.7 Å². The fourth-order valence-electron chi connectivity index (χ4n) is 4.04. The monoisotopic (exact) mass is 478 g/mol. The second-order valence-electron chi connectivity index (χ2n) is 8.24. The Hall–Kier alpha value is -3.79. The summed E-state index contributed by atoms with van der Waals surface area (Å²) in [7, 11) is 0. The minimum atomic E-state index is -0.380. The van der Waals surface area contributed by atoms with Crippen LogP contribution in [0.4, 0.5) is 11.5 Å². The van der Waals surface area contributed by atoms with Gasteiger partial charge in [0.05, 0.1) is 31.1 Å². The van der Waals surface area contributed by atoms with E-state index in [0.717, 1.165) is 35.9 Å². The van der Waals surface area contributed by atoms with Crippen molar-refractivity contribution in [3.8, 4) is 5.82 Å². The number of benzene rings is 1. The SMILES string of the molecule is CCOC(=O)c1ccc(NC(=O)CCc2c(C)nn(-c3cc(N4CCOCC4)ncn3)c2C)cc1. The lowest BCUT2D eigenvalue weighted by Gasteiger charge is -2.27. The predicted molar refractivity (Wildman–Crippen MR) is 131 cm³/mol. The maximum atomic E-state index is 12.6. The first kappa shape index (κ1) is 24.3. The van der Waals surface area contributed by atoms with Crippen LogP contribution in [0.15, 0.2) is 36.7 Å². The zero-order chi connectivity index (χ0) is 24.8. The smallest absolute Gasteiger partial charge is 0.338 e. The van der Waals surface area contributed by atoms with E-state index in [1.807, 2.05) is 24.6 Å². The minimum absolute atomic E-state index is 0.114. The molecule has 10 heteroatoms. The zero-order valence-corrected chi connectivity index (χ0v) is 20.3. The van der Waals surface area contributed by atoms with Gasteiger partial charge in [0.25, 0.3) is 0 Å². The first-order valence-electron chi connectivity index (χ1n) is 11.7. The Labute approximate surface area is 204 Å². The normalized spacial score (nSPS) is 13.5. The number of aromatic nitrogens is 4. The molecule has 0 unspecified atom stereocenters. The summed E-state index contributed by atoms with van der Waals surface area (Å²) in [5.74, 6) is 1.05. The lowest BCUT2D eigenvalue weighted by atomic mass is 10.1. The van der Waals surface area contributed by atoms with Gasteiger partial charge in [-0.2, -0.15) is 5.10 Å². The topological polar surface area (TPSA) is 111 Å². The number of carbonyl (C=O) groups is 2. The summed E-state index contributed by atoms with van der Waals surface area (Å²) in [6, 6.07) is 8.60. The van der Waals surface area contributed by atoms with E-state index in [4.69, 9.17) is 9.47 Å². The van der Waals surface area contributed by atoms with Crippen molar-refractivity contribution in [2.24, 2.45) is 0 Å². The molecule has 1 aliphatic heterocycles. The average Bonchev–Trinajstić information content (AvgIpc) is 3.17. The standard InChI is InChI=1S/C25H30N6O4/c1-4-35-25(33)19-5-7-20(8-6-19)28-24(32)10-9-21-17(2)29-31(18(21)3)23-15-22(26-16-27-23)30-11-13-34-14-12-30/h5-8,15-16H,4,9-14H2,1-3H3,(H,28,32). The number of amides is 1. The molecule has 184 valence electrons. The van der Waals surface area contributed by atoms with Gasteiger partial charge < -0.3 is 19.7 Å². The molecule has 0 atom stereocenters. The molecule has 0 bridgehead atoms. The number of rotatable bonds is 8. The van der Waals surface area contributed by atoms with E-state index in [9.17, 15) is 9.59 Å². The van der Waals surface area contributed by atoms with Crippen molar-refractivity contribution in [2.45, 2.75) is 33.6 Å². The maximum Gasteiger partial charge on any atom is 0.338 e. The van der Waals surface area contributed by atoms with Crippen molar-refractivity contribution >= 4 is 23.4 Å². The molecular weight excluding hydrogens is 448 g/mol. The second kappa shape index (κ2) is 11.1. The van der Waals surface area contributed by atoms with Gasteiger partial charge in [-0.3, -0.25) is 4.79 Å². The van der Waals surface area contributed by atoms with Crippen molar-refractivity contribution in [1.29, 1.82) is 0 Å². The van der Waals surface area contributed by atoms with Crippen LogP contribution in [0.5, 0.6) is 0 Å². The molecule has 1 saturated heterocycles. The van der Waals surface area contributed by atoms with Gasteiger partial charge in [-0.1, -0.05) is 0 Å². The van der Waals surface area contributed by atoms with Gasteiger partial charge in [0.1, 0.15) is 12.1 Å². The van der Waals surface area contributed by atoms with Crippen molar-refractivity contribution in [1.82, 2.24) is 19.7 Å². The van der Waals surface area contributed by atoms with Crippen LogP contribution in [-0.4, -0.2) is 64.5 Å². The fourth-order valence-corrected chi connectivity index (χ4v) is 4.04. The number of hydrogen-bond acceptors (Lipinski definition) is 8. The molecule has 1 aromatic carbocycles. The summed E-state index contributed by atoms with van der Waals surface area (Å²) in [6.07, 6.45) is 2.40. The van der Waals surface area contributed by atoms with E-state index in [1.54, 1.807) is 37.5 Å². The number of aryl methyl sites for hydroxylation is 1. The Balaban J connectivity index is 1.40. The van der Waals surface area contributed by atoms with Gasteiger partial charge in [0.2, 0.25) is 5.91 Å². The second-order valence-corrected chi connectivity index (χ2v) is 8.24. The lowest BCUT2D eigenvalue weighted by molar-refractivity contribution is -0.116. The number of nitrogens with zero attached hydrogens (tertiary/aromatic N) is 5. The maximum absolute atomic E-state index is 12.6. The van der Waals surface area contributed by atoms with Crippen LogP contribution in [0.3, 0.4) is 0 Å². The molecule has 3 aromatic rings. The molecule has 3 heterocycles. The van der Waals surface area contributed by atoms with Gasteiger partial charge in [-0.15, -0.1) is 0 Å². The molecule has 1 amide bonds. The van der Waals surface area contributed by atoms with Crippen molar-refractivity contribution < 1.29 is 19.1 Å². The highest BCUT2D eigenvalue weighted by Gasteiger charge is 2.18. The Kier molecular flexibility index (Phi) is 7.71. The van der Waals surface area contributed by atoms with E-state index in [0.29, 0.717) is 49.7 Å². The Morgan fingerprint density at radius 3 is 2.51 bits per heavy atom. The van der Waals surface area contributed by atoms with Gasteiger partial charge in [-0.05, 0) is 57.0 Å². The molecule has 1 N–H and O–H groups in total. The molecule has 0 spiro atoms. The summed E-state index contributed by atoms with van der Waals surface area (Å²) < 4.78 is 12.2. The molecule has 0 aliphatic carbocycles. The third-order valence-electron chi connectivity index (χ3n) is 5.91. The van der Waals surface area contributed by atoms with Crippen molar-refractivity contribution in [3.63, 3.8) is 0 Å². The van der Waals surface area contributed by atoms with E-state index < -0.39 is 0 Å². The van der Waals surface area contributed by atoms with E-state index in [2.05, 4.69) is 25.3 Å². The fraction of sp³-hybridized carbons (Fsp3) is 0.400. The summed E-state index contributed by atoms with van der Waals surface area (Å²) in [6.45, 7) is 8.95. The van der Waals surface area contributed by atoms with Gasteiger partial charge in [0.15, 0.2) is 5.82 Å². The van der Waals surface area contributed by atoms with Gasteiger partial charge in [-0.25, -0.2) is 19.4 Å². The zero-order valence-electron chi connectivity index (χ0n) is 20.3. The first-order chi connectivity index (χ1) is 17.0. The number of hydrogen-bond donors (Lipinski definition) is 1. The molecular formula is C25H30N6O4. The highest BCUT2D eigenvalue weighted by atomic mass is 16.5. The van der Waals surface area contributed by atoms with Crippen LogP contribution in [0.2, 0.25) is 0 Å². The van der Waals surface area contributed by atoms with Crippen LogP contribution in [-0.2, 0) is 20.7 Å². The Morgan fingerprint density at radius 1 is 1.09 bits per heavy atom. The summed E-state index contributed by atoms with van der Waals surface area (Å²) in [5, 5.41) is 7.55. The quantitative estimate of drug-likeness (QED) is 0.492. The van der Waals surface area contributed by atoms with Crippen molar-refractivity contribution in [2.75, 3.05) is 43.1 Å². The van der Waals surface area contributed by atoms with Gasteiger partial charge in [0, 0.05) is 37.0 Å². The largest absolute Gasteiger partial charge is 0.462 e. The summed E-state index contributed by atoms with van der Waals surface area (Å²) in [4.78, 5) is 35.3. The summed E-state index contributed by atoms with van der Waals surface area (Å²) in [5.41, 5.74) is 3.90. The van der Waals surface area contributed by atoms with E-state index in [1.165, 1.54) is 0 Å². The van der Waals surface area contributed by atoms with Crippen LogP contribution >= 0.6 is 0 Å². The molecule has 1 aliphatic rings. The minimum Gasteiger partial charge on any atom is -0.462 e. The third-order valence-corrected chi connectivity index (χ3v) is 5.91. The number of morpholine rings is 1. The summed E-state index contributed by atoms with van der Waals surface area (Å²) >= 11 is 0. The van der Waals surface area contributed by atoms with Gasteiger partial charge >= 0.3 is 5.97 Å². The van der Waals surface area contributed by atoms with Crippen LogP contribution in [0, 0.1) is 13.8 Å². The molecule has 0 radical (unpaired) electrons. The predicted octanol–water partition coefficient (Wildman–Crippen LogP) is 2.86. The molecule has 4 rings (SSSR count). The van der Waals surface area contributed by atoms with E-state index in [-0.39, 0.29) is 11.9 Å². The number of anilines is 2. The first-order valence-corrected chi connectivity index (χ1v) is 11.7. The lowest BCUT2D eigenvalue weighted by Crippen LogP contribution is -2.36. The molecule has 10 nitrogen and oxygen atoms in total. The highest BCUT2D eigenvalue weighted by Crippen LogP contribution is 2.21. The Morgan fingerprint density at radius 2 is 1.80 bits per heavy atom. The molecule has 0 saturated carbocycles. The number of nitrogens with one attached hydrogen (secondary N) is 1. The Bertz CT molecular complexity index is 1190. The number of carbonyl (C=O) groups excluding carboxylic acids is 2. The molecule has 2 aromatic heterocycles. The average molecular weight is 479 g/mol.